The summed E-state index contributed by atoms with van der Waals surface area (Å²) in [7, 11) is 1.59. The third-order valence-corrected chi connectivity index (χ3v) is 4.25. The SMILES string of the molecule is COc1ccccc1CNC(=O)C[C@@H](NC(N)=O)c1cccs1. The molecule has 7 heteroatoms. The topological polar surface area (TPSA) is 93.4 Å². The summed E-state index contributed by atoms with van der Waals surface area (Å²) in [6.07, 6.45) is 0.124. The predicted octanol–water partition coefficient (Wildman–Crippen LogP) is 2.17. The van der Waals surface area contributed by atoms with Crippen molar-refractivity contribution in [3.63, 3.8) is 0 Å². The van der Waals surface area contributed by atoms with Gasteiger partial charge in [0.2, 0.25) is 5.91 Å². The molecule has 0 fully saturated rings. The lowest BCUT2D eigenvalue weighted by molar-refractivity contribution is -0.121. The van der Waals surface area contributed by atoms with Crippen LogP contribution in [0.3, 0.4) is 0 Å². The second kappa shape index (κ2) is 8.19. The molecule has 1 heterocycles. The number of hydrogen-bond acceptors (Lipinski definition) is 4. The van der Waals surface area contributed by atoms with Crippen molar-refractivity contribution in [1.82, 2.24) is 10.6 Å². The molecular formula is C16H19N3O3S. The number of carbonyl (C=O) groups is 2. The van der Waals surface area contributed by atoms with Gasteiger partial charge in [0.05, 0.1) is 19.6 Å². The first-order chi connectivity index (χ1) is 11.1. The smallest absolute Gasteiger partial charge is 0.312 e. The second-order valence-electron chi connectivity index (χ2n) is 4.87. The Morgan fingerprint density at radius 2 is 2.04 bits per heavy atom. The number of rotatable bonds is 7. The Hall–Kier alpha value is -2.54. The van der Waals surface area contributed by atoms with E-state index in [0.29, 0.717) is 6.54 Å². The molecule has 0 unspecified atom stereocenters. The van der Waals surface area contributed by atoms with E-state index in [4.69, 9.17) is 10.5 Å². The van der Waals surface area contributed by atoms with Gasteiger partial charge in [-0.15, -0.1) is 11.3 Å². The fourth-order valence-electron chi connectivity index (χ4n) is 2.18. The van der Waals surface area contributed by atoms with Crippen LogP contribution in [0.15, 0.2) is 41.8 Å². The van der Waals surface area contributed by atoms with Crippen molar-refractivity contribution >= 4 is 23.3 Å². The summed E-state index contributed by atoms with van der Waals surface area (Å²) in [5.74, 6) is 0.543. The summed E-state index contributed by atoms with van der Waals surface area (Å²) < 4.78 is 5.25. The maximum Gasteiger partial charge on any atom is 0.312 e. The average Bonchev–Trinajstić information content (AvgIpc) is 3.06. The number of ether oxygens (including phenoxy) is 1. The second-order valence-corrected chi connectivity index (χ2v) is 5.85. The molecule has 0 aliphatic carbocycles. The summed E-state index contributed by atoms with van der Waals surface area (Å²) in [6, 6.07) is 10.1. The molecule has 1 atom stereocenters. The van der Waals surface area contributed by atoms with Crippen LogP contribution in [0.25, 0.3) is 0 Å². The zero-order chi connectivity index (χ0) is 16.7. The van der Waals surface area contributed by atoms with Crippen molar-refractivity contribution in [3.05, 3.63) is 52.2 Å². The van der Waals surface area contributed by atoms with Gasteiger partial charge in [-0.25, -0.2) is 4.79 Å². The van der Waals surface area contributed by atoms with Crippen LogP contribution >= 0.6 is 11.3 Å². The number of benzene rings is 1. The van der Waals surface area contributed by atoms with Crippen LogP contribution in [0.5, 0.6) is 5.75 Å². The molecule has 0 aliphatic heterocycles. The quantitative estimate of drug-likeness (QED) is 0.725. The molecular weight excluding hydrogens is 314 g/mol. The summed E-state index contributed by atoms with van der Waals surface area (Å²) in [4.78, 5) is 24.2. The summed E-state index contributed by atoms with van der Waals surface area (Å²) in [5, 5.41) is 7.32. The van der Waals surface area contributed by atoms with Gasteiger partial charge in [0, 0.05) is 17.0 Å². The number of thiophene rings is 1. The van der Waals surface area contributed by atoms with Crippen molar-refractivity contribution in [2.75, 3.05) is 7.11 Å². The number of nitrogens with two attached hydrogens (primary N) is 1. The zero-order valence-corrected chi connectivity index (χ0v) is 13.6. The predicted molar refractivity (Wildman–Crippen MR) is 89.2 cm³/mol. The first-order valence-electron chi connectivity index (χ1n) is 7.08. The maximum atomic E-state index is 12.2. The molecule has 2 aromatic rings. The molecule has 0 aliphatic rings. The van der Waals surface area contributed by atoms with Gasteiger partial charge in [-0.2, -0.15) is 0 Å². The Bertz CT molecular complexity index is 658. The van der Waals surface area contributed by atoms with E-state index in [0.717, 1.165) is 16.2 Å². The van der Waals surface area contributed by atoms with Gasteiger partial charge < -0.3 is 21.1 Å². The van der Waals surface area contributed by atoms with Gasteiger partial charge in [-0.05, 0) is 17.5 Å². The fraction of sp³-hybridized carbons (Fsp3) is 0.250. The van der Waals surface area contributed by atoms with Crippen LogP contribution in [0.4, 0.5) is 4.79 Å². The minimum absolute atomic E-state index is 0.124. The molecule has 0 bridgehead atoms. The molecule has 0 saturated carbocycles. The molecule has 6 nitrogen and oxygen atoms in total. The zero-order valence-electron chi connectivity index (χ0n) is 12.7. The highest BCUT2D eigenvalue weighted by molar-refractivity contribution is 7.10. The lowest BCUT2D eigenvalue weighted by Gasteiger charge is -2.16. The summed E-state index contributed by atoms with van der Waals surface area (Å²) in [6.45, 7) is 0.358. The largest absolute Gasteiger partial charge is 0.496 e. The Morgan fingerprint density at radius 3 is 2.70 bits per heavy atom. The van der Waals surface area contributed by atoms with Crippen LogP contribution in [0, 0.1) is 0 Å². The van der Waals surface area contributed by atoms with Gasteiger partial charge in [0.15, 0.2) is 0 Å². The van der Waals surface area contributed by atoms with E-state index < -0.39 is 12.1 Å². The summed E-state index contributed by atoms with van der Waals surface area (Å²) >= 11 is 1.47. The Kier molecular flexibility index (Phi) is 5.99. The lowest BCUT2D eigenvalue weighted by Crippen LogP contribution is -2.36. The van der Waals surface area contributed by atoms with Crippen LogP contribution < -0.4 is 21.1 Å². The van der Waals surface area contributed by atoms with Crippen molar-refractivity contribution in [2.24, 2.45) is 5.73 Å². The molecule has 1 aromatic carbocycles. The number of primary amides is 1. The Labute approximate surface area is 138 Å². The van der Waals surface area contributed by atoms with Crippen LogP contribution in [0.2, 0.25) is 0 Å². The molecule has 122 valence electrons. The monoisotopic (exact) mass is 333 g/mol. The van der Waals surface area contributed by atoms with Crippen molar-refractivity contribution in [1.29, 1.82) is 0 Å². The number of hydrogen-bond donors (Lipinski definition) is 3. The molecule has 4 N–H and O–H groups in total. The molecule has 0 radical (unpaired) electrons. The highest BCUT2D eigenvalue weighted by Gasteiger charge is 2.18. The molecule has 3 amide bonds. The van der Waals surface area contributed by atoms with Gasteiger partial charge >= 0.3 is 6.03 Å². The minimum Gasteiger partial charge on any atom is -0.496 e. The molecule has 1 aromatic heterocycles. The van der Waals surface area contributed by atoms with E-state index in [2.05, 4.69) is 10.6 Å². The van der Waals surface area contributed by atoms with E-state index in [1.165, 1.54) is 11.3 Å². The van der Waals surface area contributed by atoms with Crippen molar-refractivity contribution < 1.29 is 14.3 Å². The standard InChI is InChI=1S/C16H19N3O3S/c1-22-13-6-3-2-5-11(13)10-18-15(20)9-12(19-16(17)21)14-7-4-8-23-14/h2-8,12H,9-10H2,1H3,(H,18,20)(H3,17,19,21)/t12-/m1/s1. The first-order valence-corrected chi connectivity index (χ1v) is 7.96. The first kappa shape index (κ1) is 16.8. The molecule has 0 spiro atoms. The maximum absolute atomic E-state index is 12.2. The summed E-state index contributed by atoms with van der Waals surface area (Å²) in [5.41, 5.74) is 6.07. The lowest BCUT2D eigenvalue weighted by atomic mass is 10.1. The average molecular weight is 333 g/mol. The van der Waals surface area contributed by atoms with Crippen molar-refractivity contribution in [2.45, 2.75) is 19.0 Å². The number of para-hydroxylation sites is 1. The van der Waals surface area contributed by atoms with E-state index in [1.54, 1.807) is 7.11 Å². The van der Waals surface area contributed by atoms with E-state index in [-0.39, 0.29) is 12.3 Å². The van der Waals surface area contributed by atoms with Crippen LogP contribution in [0.1, 0.15) is 22.9 Å². The molecule has 23 heavy (non-hydrogen) atoms. The third kappa shape index (κ3) is 5.00. The molecule has 0 saturated heterocycles. The normalized spacial score (nSPS) is 11.5. The van der Waals surface area contributed by atoms with Crippen molar-refractivity contribution in [3.8, 4) is 5.75 Å². The van der Waals surface area contributed by atoms with E-state index in [9.17, 15) is 9.59 Å². The number of amides is 3. The van der Waals surface area contributed by atoms with Gasteiger partial charge in [-0.1, -0.05) is 24.3 Å². The number of nitrogens with one attached hydrogen (secondary N) is 2. The fourth-order valence-corrected chi connectivity index (χ4v) is 2.96. The van der Waals surface area contributed by atoms with Gasteiger partial charge in [-0.3, -0.25) is 4.79 Å². The highest BCUT2D eigenvalue weighted by atomic mass is 32.1. The number of methoxy groups -OCH3 is 1. The van der Waals surface area contributed by atoms with E-state index in [1.807, 2.05) is 41.8 Å². The molecule has 2 rings (SSSR count). The third-order valence-electron chi connectivity index (χ3n) is 3.26. The van der Waals surface area contributed by atoms with Crippen LogP contribution in [-0.2, 0) is 11.3 Å². The Morgan fingerprint density at radius 1 is 1.26 bits per heavy atom. The Balaban J connectivity index is 1.95. The highest BCUT2D eigenvalue weighted by Crippen LogP contribution is 2.22. The van der Waals surface area contributed by atoms with Gasteiger partial charge in [0.1, 0.15) is 5.75 Å². The number of urea groups is 1. The van der Waals surface area contributed by atoms with E-state index >= 15 is 0 Å². The van der Waals surface area contributed by atoms with Gasteiger partial charge in [0.25, 0.3) is 0 Å². The minimum atomic E-state index is -0.652. The number of carbonyl (C=O) groups excluding carboxylic acids is 2. The van der Waals surface area contributed by atoms with Crippen LogP contribution in [-0.4, -0.2) is 19.0 Å².